The lowest BCUT2D eigenvalue weighted by atomic mass is 10.2. The molecule has 2 aromatic rings. The third-order valence-corrected chi connectivity index (χ3v) is 4.57. The van der Waals surface area contributed by atoms with Gasteiger partial charge in [0, 0.05) is 63.4 Å². The fourth-order valence-electron chi connectivity index (χ4n) is 2.85. The fraction of sp³-hybridized carbons (Fsp3) is 0.429. The number of pyridine rings is 1. The molecule has 0 saturated heterocycles. The van der Waals surface area contributed by atoms with Crippen LogP contribution in [0.1, 0.15) is 25.8 Å². The van der Waals surface area contributed by atoms with Gasteiger partial charge in [-0.25, -0.2) is 0 Å². The van der Waals surface area contributed by atoms with Crippen molar-refractivity contribution in [1.82, 2.24) is 9.88 Å². The van der Waals surface area contributed by atoms with Crippen LogP contribution in [0.25, 0.3) is 0 Å². The summed E-state index contributed by atoms with van der Waals surface area (Å²) in [5.74, 6) is 0.159. The van der Waals surface area contributed by atoms with E-state index in [-0.39, 0.29) is 5.91 Å². The van der Waals surface area contributed by atoms with Crippen LogP contribution in [0.2, 0.25) is 0 Å². The number of likely N-dealkylation sites (N-methyl/N-ethyl adjacent to an activating group) is 1. The van der Waals surface area contributed by atoms with Crippen molar-refractivity contribution >= 4 is 17.3 Å². The SMILES string of the molecule is CCN(CC)c1ccc(NCCC(=O)N(C)CCc2ccncc2)cc1. The van der Waals surface area contributed by atoms with Crippen molar-refractivity contribution in [3.63, 3.8) is 0 Å². The number of hydrogen-bond acceptors (Lipinski definition) is 4. The van der Waals surface area contributed by atoms with Crippen LogP contribution in [0.15, 0.2) is 48.8 Å². The first kappa shape index (κ1) is 19.8. The van der Waals surface area contributed by atoms with Crippen molar-refractivity contribution in [2.75, 3.05) is 43.4 Å². The molecule has 0 unspecified atom stereocenters. The quantitative estimate of drug-likeness (QED) is 0.710. The van der Waals surface area contributed by atoms with Gasteiger partial charge < -0.3 is 15.1 Å². The summed E-state index contributed by atoms with van der Waals surface area (Å²) in [4.78, 5) is 20.4. The van der Waals surface area contributed by atoms with Crippen LogP contribution >= 0.6 is 0 Å². The van der Waals surface area contributed by atoms with Crippen molar-refractivity contribution < 1.29 is 4.79 Å². The Balaban J connectivity index is 1.72. The van der Waals surface area contributed by atoms with E-state index in [0.717, 1.165) is 31.7 Å². The molecule has 0 aliphatic rings. The summed E-state index contributed by atoms with van der Waals surface area (Å²) in [5.41, 5.74) is 3.48. The summed E-state index contributed by atoms with van der Waals surface area (Å²) < 4.78 is 0. The minimum atomic E-state index is 0.159. The molecular formula is C21H30N4O. The highest BCUT2D eigenvalue weighted by Crippen LogP contribution is 2.17. The summed E-state index contributed by atoms with van der Waals surface area (Å²) in [6.07, 6.45) is 4.91. The number of benzene rings is 1. The van der Waals surface area contributed by atoms with Crippen molar-refractivity contribution in [3.05, 3.63) is 54.4 Å². The second kappa shape index (κ2) is 10.4. The van der Waals surface area contributed by atoms with E-state index < -0.39 is 0 Å². The average molecular weight is 354 g/mol. The van der Waals surface area contributed by atoms with E-state index in [4.69, 9.17) is 0 Å². The maximum Gasteiger partial charge on any atom is 0.224 e. The largest absolute Gasteiger partial charge is 0.385 e. The van der Waals surface area contributed by atoms with Crippen LogP contribution in [-0.2, 0) is 11.2 Å². The molecule has 0 saturated carbocycles. The number of carbonyl (C=O) groups excluding carboxylic acids is 1. The predicted molar refractivity (Wildman–Crippen MR) is 109 cm³/mol. The Hall–Kier alpha value is -2.56. The standard InChI is InChI=1S/C21H30N4O/c1-4-25(5-2)20-8-6-19(7-9-20)23-16-12-21(26)24(3)17-13-18-10-14-22-15-11-18/h6-11,14-15,23H,4-5,12-13,16-17H2,1-3H3. The molecule has 0 bridgehead atoms. The maximum absolute atomic E-state index is 12.2. The molecule has 0 radical (unpaired) electrons. The van der Waals surface area contributed by atoms with Gasteiger partial charge >= 0.3 is 0 Å². The maximum atomic E-state index is 12.2. The Morgan fingerprint density at radius 2 is 1.69 bits per heavy atom. The lowest BCUT2D eigenvalue weighted by molar-refractivity contribution is -0.129. The van der Waals surface area contributed by atoms with Crippen molar-refractivity contribution in [2.45, 2.75) is 26.7 Å². The molecular weight excluding hydrogens is 324 g/mol. The molecule has 2 rings (SSSR count). The molecule has 1 amide bonds. The number of nitrogens with one attached hydrogen (secondary N) is 1. The van der Waals surface area contributed by atoms with E-state index in [1.165, 1.54) is 11.3 Å². The van der Waals surface area contributed by atoms with Gasteiger partial charge in [0.1, 0.15) is 0 Å². The van der Waals surface area contributed by atoms with Gasteiger partial charge in [0.15, 0.2) is 0 Å². The molecule has 26 heavy (non-hydrogen) atoms. The summed E-state index contributed by atoms with van der Waals surface area (Å²) in [5, 5.41) is 3.33. The second-order valence-corrected chi connectivity index (χ2v) is 6.32. The van der Waals surface area contributed by atoms with Gasteiger partial charge in [0.05, 0.1) is 0 Å². The van der Waals surface area contributed by atoms with Gasteiger partial charge in [-0.3, -0.25) is 9.78 Å². The predicted octanol–water partition coefficient (Wildman–Crippen LogP) is 3.43. The topological polar surface area (TPSA) is 48.5 Å². The van der Waals surface area contributed by atoms with Crippen LogP contribution in [0.5, 0.6) is 0 Å². The third kappa shape index (κ3) is 6.06. The molecule has 1 N–H and O–H groups in total. The Morgan fingerprint density at radius 3 is 2.31 bits per heavy atom. The zero-order valence-corrected chi connectivity index (χ0v) is 16.1. The number of nitrogens with zero attached hydrogens (tertiary/aromatic N) is 3. The highest BCUT2D eigenvalue weighted by atomic mass is 16.2. The lowest BCUT2D eigenvalue weighted by Gasteiger charge is -2.21. The first-order valence-electron chi connectivity index (χ1n) is 9.35. The minimum Gasteiger partial charge on any atom is -0.385 e. The number of amides is 1. The van der Waals surface area contributed by atoms with E-state index in [9.17, 15) is 4.79 Å². The average Bonchev–Trinajstić information content (AvgIpc) is 2.69. The molecule has 140 valence electrons. The van der Waals surface area contributed by atoms with Gasteiger partial charge in [-0.15, -0.1) is 0 Å². The molecule has 1 aromatic heterocycles. The van der Waals surface area contributed by atoms with E-state index in [2.05, 4.69) is 53.3 Å². The number of hydrogen-bond donors (Lipinski definition) is 1. The summed E-state index contributed by atoms with van der Waals surface area (Å²) >= 11 is 0. The van der Waals surface area contributed by atoms with E-state index in [1.807, 2.05) is 19.2 Å². The van der Waals surface area contributed by atoms with Gasteiger partial charge in [-0.1, -0.05) is 0 Å². The zero-order chi connectivity index (χ0) is 18.8. The monoisotopic (exact) mass is 354 g/mol. The van der Waals surface area contributed by atoms with E-state index >= 15 is 0 Å². The molecule has 0 aliphatic carbocycles. The van der Waals surface area contributed by atoms with Gasteiger partial charge in [0.25, 0.3) is 0 Å². The van der Waals surface area contributed by atoms with Crippen LogP contribution < -0.4 is 10.2 Å². The Kier molecular flexibility index (Phi) is 7.93. The first-order valence-corrected chi connectivity index (χ1v) is 9.35. The molecule has 0 spiro atoms. The van der Waals surface area contributed by atoms with Crippen molar-refractivity contribution in [2.24, 2.45) is 0 Å². The molecule has 0 atom stereocenters. The Morgan fingerprint density at radius 1 is 1.04 bits per heavy atom. The van der Waals surface area contributed by atoms with Crippen LogP contribution in [0.4, 0.5) is 11.4 Å². The highest BCUT2D eigenvalue weighted by molar-refractivity contribution is 5.76. The van der Waals surface area contributed by atoms with Crippen LogP contribution in [0.3, 0.4) is 0 Å². The molecule has 1 heterocycles. The first-order chi connectivity index (χ1) is 12.6. The number of carbonyl (C=O) groups is 1. The third-order valence-electron chi connectivity index (χ3n) is 4.57. The van der Waals surface area contributed by atoms with Gasteiger partial charge in [-0.05, 0) is 62.2 Å². The van der Waals surface area contributed by atoms with Gasteiger partial charge in [0.2, 0.25) is 5.91 Å². The Bertz CT molecular complexity index is 653. The minimum absolute atomic E-state index is 0.159. The molecule has 0 fully saturated rings. The van der Waals surface area contributed by atoms with Crippen molar-refractivity contribution in [1.29, 1.82) is 0 Å². The molecule has 0 aliphatic heterocycles. The number of rotatable bonds is 10. The summed E-state index contributed by atoms with van der Waals surface area (Å²) in [7, 11) is 1.86. The highest BCUT2D eigenvalue weighted by Gasteiger charge is 2.08. The van der Waals surface area contributed by atoms with Crippen LogP contribution in [0, 0.1) is 0 Å². The smallest absolute Gasteiger partial charge is 0.224 e. The lowest BCUT2D eigenvalue weighted by Crippen LogP contribution is -2.30. The number of anilines is 2. The van der Waals surface area contributed by atoms with Crippen molar-refractivity contribution in [3.8, 4) is 0 Å². The zero-order valence-electron chi connectivity index (χ0n) is 16.1. The molecule has 5 heteroatoms. The summed E-state index contributed by atoms with van der Waals surface area (Å²) in [6.45, 7) is 7.69. The normalized spacial score (nSPS) is 10.4. The van der Waals surface area contributed by atoms with Gasteiger partial charge in [-0.2, -0.15) is 0 Å². The molecule has 5 nitrogen and oxygen atoms in total. The number of aromatic nitrogens is 1. The fourth-order valence-corrected chi connectivity index (χ4v) is 2.85. The van der Waals surface area contributed by atoms with E-state index in [1.54, 1.807) is 17.3 Å². The molecule has 1 aromatic carbocycles. The summed E-state index contributed by atoms with van der Waals surface area (Å²) in [6, 6.07) is 12.4. The Labute approximate surface area is 157 Å². The second-order valence-electron chi connectivity index (χ2n) is 6.32. The van der Waals surface area contributed by atoms with Crippen LogP contribution in [-0.4, -0.2) is 49.0 Å². The van der Waals surface area contributed by atoms with E-state index in [0.29, 0.717) is 13.0 Å².